The van der Waals surface area contributed by atoms with E-state index in [0.29, 0.717) is 18.6 Å². The van der Waals surface area contributed by atoms with Crippen LogP contribution in [0.2, 0.25) is 0 Å². The van der Waals surface area contributed by atoms with E-state index in [1.54, 1.807) is 30.7 Å². The molecule has 0 unspecified atom stereocenters. The molecule has 0 radical (unpaired) electrons. The van der Waals surface area contributed by atoms with Crippen molar-refractivity contribution in [3.8, 4) is 6.07 Å². The summed E-state index contributed by atoms with van der Waals surface area (Å²) in [7, 11) is 2.02. The van der Waals surface area contributed by atoms with E-state index in [9.17, 15) is 14.9 Å². The second kappa shape index (κ2) is 9.42. The van der Waals surface area contributed by atoms with Crippen molar-refractivity contribution in [2.45, 2.75) is 58.1 Å². The molecule has 182 valence electrons. The van der Waals surface area contributed by atoms with Gasteiger partial charge in [0.15, 0.2) is 17.0 Å². The number of anilines is 1. The fourth-order valence-electron chi connectivity index (χ4n) is 4.27. The molecular formula is C22H31N9O3. The molecule has 4 rings (SSSR count). The van der Waals surface area contributed by atoms with Gasteiger partial charge in [0.1, 0.15) is 18.0 Å². The van der Waals surface area contributed by atoms with Crippen molar-refractivity contribution >= 4 is 29.1 Å². The van der Waals surface area contributed by atoms with E-state index in [2.05, 4.69) is 25.3 Å². The largest absolute Gasteiger partial charge is 0.443 e. The van der Waals surface area contributed by atoms with Gasteiger partial charge in [-0.2, -0.15) is 15.2 Å². The molecule has 34 heavy (non-hydrogen) atoms. The van der Waals surface area contributed by atoms with Gasteiger partial charge in [0, 0.05) is 26.2 Å². The molecule has 2 aromatic heterocycles. The highest BCUT2D eigenvalue weighted by molar-refractivity contribution is 5.92. The Bertz CT molecular complexity index is 1100. The number of imidazole rings is 1. The zero-order chi connectivity index (χ0) is 24.5. The SMILES string of the molecule is CN1CCN(C(=O)n2cnc3c(N(NC(=O)OC(C)(C)C)C4CCCC4)nc(C#N)nc32)CC1. The highest BCUT2D eigenvalue weighted by Crippen LogP contribution is 2.30. The van der Waals surface area contributed by atoms with Gasteiger partial charge in [-0.1, -0.05) is 12.8 Å². The summed E-state index contributed by atoms with van der Waals surface area (Å²) in [5, 5.41) is 11.2. The fraction of sp³-hybridized carbons (Fsp3) is 0.636. The molecule has 12 nitrogen and oxygen atoms in total. The second-order valence-electron chi connectivity index (χ2n) is 9.76. The molecule has 1 saturated carbocycles. The molecule has 0 spiro atoms. The predicted octanol–water partition coefficient (Wildman–Crippen LogP) is 2.10. The molecule has 2 amide bonds. The van der Waals surface area contributed by atoms with Crippen LogP contribution in [0.1, 0.15) is 52.3 Å². The number of hydrogen-bond acceptors (Lipinski definition) is 9. The number of rotatable bonds is 3. The lowest BCUT2D eigenvalue weighted by Gasteiger charge is -2.32. The number of ether oxygens (including phenoxy) is 1. The fourth-order valence-corrected chi connectivity index (χ4v) is 4.27. The quantitative estimate of drug-likeness (QED) is 0.671. The van der Waals surface area contributed by atoms with Crippen molar-refractivity contribution in [1.29, 1.82) is 5.26 Å². The number of aromatic nitrogens is 4. The molecule has 2 aromatic rings. The summed E-state index contributed by atoms with van der Waals surface area (Å²) in [6.07, 6.45) is 4.47. The first-order valence-corrected chi connectivity index (χ1v) is 11.6. The van der Waals surface area contributed by atoms with Crippen molar-refractivity contribution in [3.63, 3.8) is 0 Å². The summed E-state index contributed by atoms with van der Waals surface area (Å²) in [6.45, 7) is 8.09. The number of hydrogen-bond donors (Lipinski definition) is 1. The highest BCUT2D eigenvalue weighted by Gasteiger charge is 2.31. The Morgan fingerprint density at radius 2 is 1.85 bits per heavy atom. The molecule has 0 bridgehead atoms. The van der Waals surface area contributed by atoms with Gasteiger partial charge in [0.2, 0.25) is 5.82 Å². The van der Waals surface area contributed by atoms with Gasteiger partial charge < -0.3 is 14.5 Å². The number of nitrogens with zero attached hydrogens (tertiary/aromatic N) is 8. The summed E-state index contributed by atoms with van der Waals surface area (Å²) in [4.78, 5) is 42.9. The third-order valence-corrected chi connectivity index (χ3v) is 5.99. The van der Waals surface area contributed by atoms with Crippen molar-refractivity contribution in [2.75, 3.05) is 38.2 Å². The van der Waals surface area contributed by atoms with Crippen LogP contribution in [0.25, 0.3) is 11.2 Å². The van der Waals surface area contributed by atoms with Crippen molar-refractivity contribution < 1.29 is 14.3 Å². The molecule has 2 aliphatic rings. The molecule has 2 fully saturated rings. The second-order valence-corrected chi connectivity index (χ2v) is 9.76. The average molecular weight is 470 g/mol. The van der Waals surface area contributed by atoms with Gasteiger partial charge >= 0.3 is 12.1 Å². The number of carbonyl (C=O) groups is 2. The van der Waals surface area contributed by atoms with Gasteiger partial charge in [-0.15, -0.1) is 0 Å². The third kappa shape index (κ3) is 5.04. The van der Waals surface area contributed by atoms with Gasteiger partial charge in [-0.25, -0.2) is 24.6 Å². The van der Waals surface area contributed by atoms with E-state index < -0.39 is 11.7 Å². The zero-order valence-electron chi connectivity index (χ0n) is 20.1. The monoisotopic (exact) mass is 469 g/mol. The zero-order valence-corrected chi connectivity index (χ0v) is 20.1. The minimum Gasteiger partial charge on any atom is -0.443 e. The average Bonchev–Trinajstić information content (AvgIpc) is 3.46. The van der Waals surface area contributed by atoms with Gasteiger partial charge in [0.25, 0.3) is 0 Å². The van der Waals surface area contributed by atoms with Crippen LogP contribution in [0.5, 0.6) is 0 Å². The number of nitriles is 1. The maximum atomic E-state index is 13.2. The van der Waals surface area contributed by atoms with Gasteiger partial charge in [-0.05, 0) is 40.7 Å². The lowest BCUT2D eigenvalue weighted by atomic mass is 10.2. The molecule has 12 heteroatoms. The van der Waals surface area contributed by atoms with Crippen LogP contribution in [0, 0.1) is 11.3 Å². The lowest BCUT2D eigenvalue weighted by molar-refractivity contribution is 0.0514. The minimum absolute atomic E-state index is 0.0457. The third-order valence-electron chi connectivity index (χ3n) is 5.99. The van der Waals surface area contributed by atoms with Crippen molar-refractivity contribution in [1.82, 2.24) is 34.7 Å². The highest BCUT2D eigenvalue weighted by atomic mass is 16.6. The molecule has 3 heterocycles. The topological polar surface area (TPSA) is 133 Å². The summed E-state index contributed by atoms with van der Waals surface area (Å²) in [5.41, 5.74) is 2.70. The number of hydrazine groups is 1. The molecule has 1 N–H and O–H groups in total. The number of piperazine rings is 1. The predicted molar refractivity (Wildman–Crippen MR) is 124 cm³/mol. The van der Waals surface area contributed by atoms with Crippen LogP contribution >= 0.6 is 0 Å². The van der Waals surface area contributed by atoms with Gasteiger partial charge in [0.05, 0.1) is 6.04 Å². The molecule has 1 saturated heterocycles. The standard InChI is InChI=1S/C22H31N9O3/c1-22(2,3)34-20(32)27-31(15-7-5-6-8-15)19-17-18(25-16(13-23)26-19)30(14-24-17)21(33)29-11-9-28(4)10-12-29/h14-15H,5-12H2,1-4H3,(H,27,32). The normalized spacial score (nSPS) is 17.6. The Hall–Kier alpha value is -3.46. The van der Waals surface area contributed by atoms with Crippen LogP contribution in [0.15, 0.2) is 6.33 Å². The summed E-state index contributed by atoms with van der Waals surface area (Å²) < 4.78 is 6.81. The van der Waals surface area contributed by atoms with E-state index in [0.717, 1.165) is 38.8 Å². The van der Waals surface area contributed by atoms with Crippen molar-refractivity contribution in [3.05, 3.63) is 12.2 Å². The summed E-state index contributed by atoms with van der Waals surface area (Å²) >= 11 is 0. The number of likely N-dealkylation sites (N-methyl/N-ethyl adjacent to an activating group) is 1. The first-order valence-electron chi connectivity index (χ1n) is 11.6. The van der Waals surface area contributed by atoms with E-state index in [1.165, 1.54) is 10.9 Å². The molecule has 0 aromatic carbocycles. The maximum Gasteiger partial charge on any atom is 0.426 e. The Labute approximate surface area is 198 Å². The number of nitrogens with one attached hydrogen (secondary N) is 1. The number of carbonyl (C=O) groups excluding carboxylic acids is 2. The summed E-state index contributed by atoms with van der Waals surface area (Å²) in [6, 6.07) is 1.67. The molecule has 1 aliphatic carbocycles. The molecular weight excluding hydrogens is 438 g/mol. The number of fused-ring (bicyclic) bond motifs is 1. The van der Waals surface area contributed by atoms with Crippen LogP contribution < -0.4 is 10.4 Å². The Balaban J connectivity index is 1.73. The molecule has 1 aliphatic heterocycles. The minimum atomic E-state index is -0.680. The first kappa shape index (κ1) is 23.7. The Kier molecular flexibility index (Phi) is 6.56. The van der Waals surface area contributed by atoms with Crippen LogP contribution in [0.3, 0.4) is 0 Å². The van der Waals surface area contributed by atoms with Crippen LogP contribution in [-0.4, -0.2) is 86.3 Å². The first-order chi connectivity index (χ1) is 16.2. The number of amides is 2. The van der Waals surface area contributed by atoms with E-state index in [4.69, 9.17) is 4.74 Å². The lowest BCUT2D eigenvalue weighted by Crippen LogP contribution is -2.50. The van der Waals surface area contributed by atoms with E-state index >= 15 is 0 Å². The Morgan fingerprint density at radius 3 is 2.47 bits per heavy atom. The molecule has 0 atom stereocenters. The van der Waals surface area contributed by atoms with E-state index in [1.807, 2.05) is 13.1 Å². The van der Waals surface area contributed by atoms with Crippen molar-refractivity contribution in [2.24, 2.45) is 0 Å². The van der Waals surface area contributed by atoms with Crippen LogP contribution in [0.4, 0.5) is 15.4 Å². The van der Waals surface area contributed by atoms with Crippen LogP contribution in [-0.2, 0) is 4.74 Å². The smallest absolute Gasteiger partial charge is 0.426 e. The summed E-state index contributed by atoms with van der Waals surface area (Å²) in [5.74, 6) is 0.175. The van der Waals surface area contributed by atoms with Gasteiger partial charge in [-0.3, -0.25) is 5.01 Å². The Morgan fingerprint density at radius 1 is 1.18 bits per heavy atom. The van der Waals surface area contributed by atoms with E-state index in [-0.39, 0.29) is 29.4 Å². The maximum absolute atomic E-state index is 13.2.